The number of rotatable bonds is 3. The van der Waals surface area contributed by atoms with Gasteiger partial charge in [0.15, 0.2) is 0 Å². The smallest absolute Gasteiger partial charge is 0.399 e. The van der Waals surface area contributed by atoms with Crippen molar-refractivity contribution in [3.63, 3.8) is 0 Å². The number of aryl methyl sites for hydroxylation is 1. The van der Waals surface area contributed by atoms with Crippen LogP contribution in [-0.4, -0.2) is 24.7 Å². The number of hydrogen-bond donors (Lipinski definition) is 1. The van der Waals surface area contributed by atoms with E-state index in [2.05, 4.69) is 5.32 Å². The van der Waals surface area contributed by atoms with Gasteiger partial charge in [-0.25, -0.2) is 0 Å². The molecular formula is C14H20BNO3. The minimum absolute atomic E-state index is 0.343. The highest BCUT2D eigenvalue weighted by Crippen LogP contribution is 2.36. The number of nitrogens with one attached hydrogen (secondary N) is 1. The molecule has 1 N–H and O–H groups in total. The van der Waals surface area contributed by atoms with Crippen LogP contribution < -0.4 is 10.8 Å². The number of hydrogen-bond acceptors (Lipinski definition) is 3. The SMILES string of the molecule is Cc1cc(NC=O)ccc1B1OC(C)(C)C(C)(C)O1. The molecule has 0 aromatic heterocycles. The topological polar surface area (TPSA) is 47.6 Å². The summed E-state index contributed by atoms with van der Waals surface area (Å²) in [6.45, 7) is 10.1. The van der Waals surface area contributed by atoms with Gasteiger partial charge in [0.25, 0.3) is 0 Å². The number of benzene rings is 1. The molecule has 0 unspecified atom stereocenters. The Bertz CT molecular complexity index is 483. The summed E-state index contributed by atoms with van der Waals surface area (Å²) >= 11 is 0. The number of anilines is 1. The summed E-state index contributed by atoms with van der Waals surface area (Å²) in [6, 6.07) is 5.69. The lowest BCUT2D eigenvalue weighted by atomic mass is 9.76. The van der Waals surface area contributed by atoms with E-state index in [1.54, 1.807) is 0 Å². The number of carbonyl (C=O) groups excluding carboxylic acids is 1. The molecule has 5 heteroatoms. The minimum Gasteiger partial charge on any atom is -0.399 e. The Morgan fingerprint density at radius 1 is 1.16 bits per heavy atom. The van der Waals surface area contributed by atoms with E-state index in [0.717, 1.165) is 16.7 Å². The van der Waals surface area contributed by atoms with E-state index in [1.165, 1.54) is 0 Å². The normalized spacial score (nSPS) is 20.4. The molecular weight excluding hydrogens is 241 g/mol. The van der Waals surface area contributed by atoms with E-state index in [-0.39, 0.29) is 18.3 Å². The van der Waals surface area contributed by atoms with Crippen molar-refractivity contribution in [3.05, 3.63) is 23.8 Å². The van der Waals surface area contributed by atoms with Crippen molar-refractivity contribution in [1.29, 1.82) is 0 Å². The summed E-state index contributed by atoms with van der Waals surface area (Å²) in [6.07, 6.45) is 0.670. The number of amides is 1. The highest BCUT2D eigenvalue weighted by atomic mass is 16.7. The van der Waals surface area contributed by atoms with Gasteiger partial charge in [0.1, 0.15) is 0 Å². The highest BCUT2D eigenvalue weighted by molar-refractivity contribution is 6.62. The molecule has 1 aromatic carbocycles. The van der Waals surface area contributed by atoms with E-state index in [4.69, 9.17) is 9.31 Å². The second kappa shape index (κ2) is 4.65. The van der Waals surface area contributed by atoms with Crippen LogP contribution in [-0.2, 0) is 14.1 Å². The van der Waals surface area contributed by atoms with Crippen molar-refractivity contribution in [2.24, 2.45) is 0 Å². The Morgan fingerprint density at radius 2 is 1.74 bits per heavy atom. The van der Waals surface area contributed by atoms with Crippen LogP contribution in [0.4, 0.5) is 5.69 Å². The molecule has 1 saturated heterocycles. The van der Waals surface area contributed by atoms with Gasteiger partial charge in [-0.15, -0.1) is 0 Å². The molecule has 0 aliphatic carbocycles. The monoisotopic (exact) mass is 261 g/mol. The molecule has 1 aromatic rings. The second-order valence-corrected chi connectivity index (χ2v) is 5.92. The second-order valence-electron chi connectivity index (χ2n) is 5.92. The predicted octanol–water partition coefficient (Wildman–Crippen LogP) is 1.86. The summed E-state index contributed by atoms with van der Waals surface area (Å²) in [5.41, 5.74) is 2.11. The average Bonchev–Trinajstić information content (AvgIpc) is 2.48. The van der Waals surface area contributed by atoms with Crippen LogP contribution in [0.15, 0.2) is 18.2 Å². The molecule has 1 aliphatic heterocycles. The zero-order chi connectivity index (χ0) is 14.3. The van der Waals surface area contributed by atoms with E-state index >= 15 is 0 Å². The summed E-state index contributed by atoms with van der Waals surface area (Å²) in [4.78, 5) is 10.4. The Labute approximate surface area is 114 Å². The first-order valence-corrected chi connectivity index (χ1v) is 6.43. The zero-order valence-electron chi connectivity index (χ0n) is 12.1. The third-order valence-electron chi connectivity index (χ3n) is 4.00. The fraction of sp³-hybridized carbons (Fsp3) is 0.500. The maximum atomic E-state index is 10.4. The molecule has 0 atom stereocenters. The minimum atomic E-state index is -0.365. The van der Waals surface area contributed by atoms with Crippen LogP contribution in [0.3, 0.4) is 0 Å². The van der Waals surface area contributed by atoms with Gasteiger partial charge in [0.05, 0.1) is 11.2 Å². The van der Waals surface area contributed by atoms with Crippen LogP contribution in [0.25, 0.3) is 0 Å². The van der Waals surface area contributed by atoms with E-state index in [0.29, 0.717) is 6.41 Å². The predicted molar refractivity (Wildman–Crippen MR) is 76.6 cm³/mol. The van der Waals surface area contributed by atoms with Crippen molar-refractivity contribution in [2.45, 2.75) is 45.8 Å². The molecule has 2 rings (SSSR count). The van der Waals surface area contributed by atoms with Gasteiger partial charge in [-0.3, -0.25) is 4.79 Å². The van der Waals surface area contributed by atoms with Crippen molar-refractivity contribution >= 4 is 24.7 Å². The number of carbonyl (C=O) groups is 1. The van der Waals surface area contributed by atoms with Crippen molar-refractivity contribution in [1.82, 2.24) is 0 Å². The fourth-order valence-electron chi connectivity index (χ4n) is 2.07. The molecule has 1 heterocycles. The first-order valence-electron chi connectivity index (χ1n) is 6.43. The van der Waals surface area contributed by atoms with E-state index in [1.807, 2.05) is 52.8 Å². The molecule has 0 radical (unpaired) electrons. The maximum Gasteiger partial charge on any atom is 0.495 e. The van der Waals surface area contributed by atoms with Crippen molar-refractivity contribution in [2.75, 3.05) is 5.32 Å². The third-order valence-corrected chi connectivity index (χ3v) is 4.00. The summed E-state index contributed by atoms with van der Waals surface area (Å²) in [7, 11) is -0.365. The summed E-state index contributed by atoms with van der Waals surface area (Å²) in [5, 5.41) is 2.64. The molecule has 1 aliphatic rings. The Hall–Kier alpha value is -1.33. The Kier molecular flexibility index (Phi) is 3.45. The van der Waals surface area contributed by atoms with Crippen molar-refractivity contribution < 1.29 is 14.1 Å². The Balaban J connectivity index is 2.27. The van der Waals surface area contributed by atoms with Crippen LogP contribution in [0, 0.1) is 6.92 Å². The fourth-order valence-corrected chi connectivity index (χ4v) is 2.07. The van der Waals surface area contributed by atoms with E-state index in [9.17, 15) is 4.79 Å². The summed E-state index contributed by atoms with van der Waals surface area (Å²) in [5.74, 6) is 0. The lowest BCUT2D eigenvalue weighted by molar-refractivity contribution is -0.105. The van der Waals surface area contributed by atoms with Gasteiger partial charge in [0, 0.05) is 5.69 Å². The van der Waals surface area contributed by atoms with Gasteiger partial charge in [-0.1, -0.05) is 6.07 Å². The van der Waals surface area contributed by atoms with Gasteiger partial charge in [-0.2, -0.15) is 0 Å². The molecule has 1 fully saturated rings. The molecule has 1 amide bonds. The van der Waals surface area contributed by atoms with Gasteiger partial charge in [0.2, 0.25) is 6.41 Å². The summed E-state index contributed by atoms with van der Waals surface area (Å²) < 4.78 is 12.0. The highest BCUT2D eigenvalue weighted by Gasteiger charge is 2.51. The first kappa shape index (κ1) is 14.1. The lowest BCUT2D eigenvalue weighted by Gasteiger charge is -2.32. The van der Waals surface area contributed by atoms with E-state index < -0.39 is 0 Å². The largest absolute Gasteiger partial charge is 0.495 e. The van der Waals surface area contributed by atoms with Crippen LogP contribution in [0.1, 0.15) is 33.3 Å². The lowest BCUT2D eigenvalue weighted by Crippen LogP contribution is -2.41. The van der Waals surface area contributed by atoms with Gasteiger partial charge >= 0.3 is 7.12 Å². The van der Waals surface area contributed by atoms with Crippen LogP contribution >= 0.6 is 0 Å². The van der Waals surface area contributed by atoms with Crippen LogP contribution in [0.2, 0.25) is 0 Å². The molecule has 4 nitrogen and oxygen atoms in total. The van der Waals surface area contributed by atoms with Gasteiger partial charge in [-0.05, 0) is 57.8 Å². The first-order chi connectivity index (χ1) is 8.77. The third kappa shape index (κ3) is 2.53. The Morgan fingerprint density at radius 3 is 2.21 bits per heavy atom. The molecule has 0 bridgehead atoms. The standard InChI is InChI=1S/C14H20BNO3/c1-10-8-11(16-9-17)6-7-12(10)15-18-13(2,3)14(4,5)19-15/h6-9H,1-5H3,(H,16,17). The zero-order valence-corrected chi connectivity index (χ0v) is 12.1. The molecule has 0 saturated carbocycles. The maximum absolute atomic E-state index is 10.4. The average molecular weight is 261 g/mol. The molecule has 19 heavy (non-hydrogen) atoms. The van der Waals surface area contributed by atoms with Crippen LogP contribution in [0.5, 0.6) is 0 Å². The molecule has 0 spiro atoms. The molecule has 102 valence electrons. The quantitative estimate of drug-likeness (QED) is 0.667. The van der Waals surface area contributed by atoms with Gasteiger partial charge < -0.3 is 14.6 Å². The van der Waals surface area contributed by atoms with Crippen molar-refractivity contribution in [3.8, 4) is 0 Å².